The molecule has 100 valence electrons. The van der Waals surface area contributed by atoms with Crippen molar-refractivity contribution in [2.75, 3.05) is 18.5 Å². The molecule has 1 aromatic heterocycles. The first-order valence-corrected chi connectivity index (χ1v) is 7.02. The van der Waals surface area contributed by atoms with Crippen LogP contribution in [-0.4, -0.2) is 34.9 Å². The lowest BCUT2D eigenvalue weighted by atomic mass is 9.80. The number of aromatic nitrogens is 2. The lowest BCUT2D eigenvalue weighted by molar-refractivity contribution is -0.122. The number of anilines is 1. The Labute approximate surface area is 112 Å². The van der Waals surface area contributed by atoms with Gasteiger partial charge in [-0.25, -0.2) is 4.98 Å². The number of hydrogen-bond acceptors (Lipinski definition) is 5. The standard InChI is InChI=1S/C12H20N4OS/c1-8-14-11(15-18-8)16-7-5-6-12(2,3)9(13-4)10(16)17/h9,13H,5-7H2,1-4H3. The number of nitrogens with one attached hydrogen (secondary N) is 1. The predicted molar refractivity (Wildman–Crippen MR) is 72.9 cm³/mol. The maximum Gasteiger partial charge on any atom is 0.247 e. The monoisotopic (exact) mass is 268 g/mol. The van der Waals surface area contributed by atoms with Crippen molar-refractivity contribution >= 4 is 23.4 Å². The highest BCUT2D eigenvalue weighted by Crippen LogP contribution is 2.32. The predicted octanol–water partition coefficient (Wildman–Crippen LogP) is 1.59. The average molecular weight is 268 g/mol. The van der Waals surface area contributed by atoms with Crippen LogP contribution >= 0.6 is 11.5 Å². The summed E-state index contributed by atoms with van der Waals surface area (Å²) in [5.41, 5.74) is -0.0361. The van der Waals surface area contributed by atoms with Crippen LogP contribution in [0.25, 0.3) is 0 Å². The van der Waals surface area contributed by atoms with Crippen molar-refractivity contribution in [2.45, 2.75) is 39.7 Å². The molecule has 2 rings (SSSR count). The third-order valence-electron chi connectivity index (χ3n) is 3.54. The van der Waals surface area contributed by atoms with Gasteiger partial charge in [0.2, 0.25) is 11.9 Å². The molecule has 1 atom stereocenters. The Morgan fingerprint density at radius 3 is 2.78 bits per heavy atom. The van der Waals surface area contributed by atoms with Crippen LogP contribution in [0.5, 0.6) is 0 Å². The maximum absolute atomic E-state index is 12.6. The number of rotatable bonds is 2. The minimum Gasteiger partial charge on any atom is -0.308 e. The first-order chi connectivity index (χ1) is 8.45. The summed E-state index contributed by atoms with van der Waals surface area (Å²) in [6.45, 7) is 6.88. The zero-order valence-electron chi connectivity index (χ0n) is 11.4. The van der Waals surface area contributed by atoms with Gasteiger partial charge in [0, 0.05) is 6.54 Å². The van der Waals surface area contributed by atoms with Gasteiger partial charge < -0.3 is 5.32 Å². The van der Waals surface area contributed by atoms with Gasteiger partial charge in [-0.1, -0.05) is 13.8 Å². The fourth-order valence-corrected chi connectivity index (χ4v) is 3.02. The van der Waals surface area contributed by atoms with Crippen molar-refractivity contribution in [3.05, 3.63) is 5.01 Å². The fourth-order valence-electron chi connectivity index (χ4n) is 2.55. The molecule has 1 N–H and O–H groups in total. The number of nitrogens with zero attached hydrogens (tertiary/aromatic N) is 3. The number of aryl methyl sites for hydroxylation is 1. The van der Waals surface area contributed by atoms with E-state index in [1.54, 1.807) is 4.90 Å². The summed E-state index contributed by atoms with van der Waals surface area (Å²) in [6, 6.07) is -0.177. The van der Waals surface area contributed by atoms with E-state index in [0.29, 0.717) is 12.5 Å². The van der Waals surface area contributed by atoms with Crippen LogP contribution < -0.4 is 10.2 Å². The zero-order chi connectivity index (χ0) is 13.3. The largest absolute Gasteiger partial charge is 0.308 e. The maximum atomic E-state index is 12.6. The number of likely N-dealkylation sites (N-methyl/N-ethyl adjacent to an activating group) is 1. The third-order valence-corrected chi connectivity index (χ3v) is 4.15. The zero-order valence-corrected chi connectivity index (χ0v) is 12.2. The minimum atomic E-state index is -0.177. The summed E-state index contributed by atoms with van der Waals surface area (Å²) in [5.74, 6) is 0.637. The molecule has 1 saturated heterocycles. The van der Waals surface area contributed by atoms with Crippen molar-refractivity contribution in [1.29, 1.82) is 0 Å². The van der Waals surface area contributed by atoms with Gasteiger partial charge in [-0.05, 0) is 43.8 Å². The quantitative estimate of drug-likeness (QED) is 0.885. The first-order valence-electron chi connectivity index (χ1n) is 6.24. The topological polar surface area (TPSA) is 58.1 Å². The number of carbonyl (C=O) groups is 1. The molecule has 0 spiro atoms. The van der Waals surface area contributed by atoms with Gasteiger partial charge >= 0.3 is 0 Å². The van der Waals surface area contributed by atoms with Crippen LogP contribution in [0.2, 0.25) is 0 Å². The van der Waals surface area contributed by atoms with Crippen molar-refractivity contribution in [1.82, 2.24) is 14.7 Å². The molecule has 18 heavy (non-hydrogen) atoms. The molecule has 0 saturated carbocycles. The molecule has 0 bridgehead atoms. The molecule has 1 unspecified atom stereocenters. The SMILES string of the molecule is CNC1C(=O)N(c2nsc(C)n2)CCCC1(C)C. The molecule has 0 aromatic carbocycles. The highest BCUT2D eigenvalue weighted by atomic mass is 32.1. The van der Waals surface area contributed by atoms with Crippen LogP contribution in [0.15, 0.2) is 0 Å². The number of amides is 1. The molecular weight excluding hydrogens is 248 g/mol. The van der Waals surface area contributed by atoms with Crippen molar-refractivity contribution < 1.29 is 4.79 Å². The molecule has 0 aliphatic carbocycles. The molecule has 0 radical (unpaired) electrons. The second kappa shape index (κ2) is 4.93. The van der Waals surface area contributed by atoms with E-state index in [2.05, 4.69) is 28.5 Å². The van der Waals surface area contributed by atoms with E-state index in [9.17, 15) is 4.79 Å². The lowest BCUT2D eigenvalue weighted by Gasteiger charge is -2.31. The molecule has 6 heteroatoms. The molecule has 2 heterocycles. The molecule has 1 aliphatic rings. The summed E-state index contributed by atoms with van der Waals surface area (Å²) < 4.78 is 4.26. The van der Waals surface area contributed by atoms with E-state index in [-0.39, 0.29) is 17.4 Å². The molecule has 1 fully saturated rings. The Hall–Kier alpha value is -1.01. The van der Waals surface area contributed by atoms with Crippen LogP contribution in [0.3, 0.4) is 0 Å². The number of carbonyl (C=O) groups excluding carboxylic acids is 1. The van der Waals surface area contributed by atoms with Gasteiger partial charge in [0.05, 0.1) is 6.04 Å². The summed E-state index contributed by atoms with van der Waals surface area (Å²) in [4.78, 5) is 18.6. The van der Waals surface area contributed by atoms with Crippen molar-refractivity contribution in [3.8, 4) is 0 Å². The Kier molecular flexibility index (Phi) is 3.68. The first kappa shape index (κ1) is 13.4. The second-order valence-electron chi connectivity index (χ2n) is 5.42. The van der Waals surface area contributed by atoms with E-state index in [1.807, 2.05) is 14.0 Å². The summed E-state index contributed by atoms with van der Waals surface area (Å²) in [5, 5.41) is 4.04. The second-order valence-corrected chi connectivity index (χ2v) is 6.37. The van der Waals surface area contributed by atoms with Gasteiger partial charge in [0.15, 0.2) is 0 Å². The Balaban J connectivity index is 2.30. The van der Waals surface area contributed by atoms with Crippen LogP contribution in [0, 0.1) is 12.3 Å². The van der Waals surface area contributed by atoms with E-state index in [4.69, 9.17) is 0 Å². The van der Waals surface area contributed by atoms with Crippen LogP contribution in [0.4, 0.5) is 5.95 Å². The molecule has 1 aliphatic heterocycles. The van der Waals surface area contributed by atoms with Gasteiger partial charge in [-0.2, -0.15) is 4.37 Å². The van der Waals surface area contributed by atoms with E-state index in [0.717, 1.165) is 17.8 Å². The average Bonchev–Trinajstić information content (AvgIpc) is 2.66. The minimum absolute atomic E-state index is 0.0361. The summed E-state index contributed by atoms with van der Waals surface area (Å²) in [6.07, 6.45) is 2.00. The lowest BCUT2D eigenvalue weighted by Crippen LogP contribution is -2.51. The molecule has 5 nitrogen and oxygen atoms in total. The Morgan fingerprint density at radius 1 is 1.50 bits per heavy atom. The van der Waals surface area contributed by atoms with Gasteiger partial charge in [-0.3, -0.25) is 9.69 Å². The van der Waals surface area contributed by atoms with Crippen LogP contribution in [0.1, 0.15) is 31.7 Å². The fraction of sp³-hybridized carbons (Fsp3) is 0.750. The van der Waals surface area contributed by atoms with Crippen molar-refractivity contribution in [3.63, 3.8) is 0 Å². The van der Waals surface area contributed by atoms with E-state index in [1.165, 1.54) is 11.5 Å². The molecular formula is C12H20N4OS. The summed E-state index contributed by atoms with van der Waals surface area (Å²) in [7, 11) is 1.84. The normalized spacial score (nSPS) is 24.1. The highest BCUT2D eigenvalue weighted by Gasteiger charge is 2.40. The Morgan fingerprint density at radius 2 is 2.22 bits per heavy atom. The van der Waals surface area contributed by atoms with Gasteiger partial charge in [0.25, 0.3) is 0 Å². The third kappa shape index (κ3) is 2.40. The van der Waals surface area contributed by atoms with E-state index < -0.39 is 0 Å². The van der Waals surface area contributed by atoms with E-state index >= 15 is 0 Å². The smallest absolute Gasteiger partial charge is 0.247 e. The molecule has 1 amide bonds. The number of hydrogen-bond donors (Lipinski definition) is 1. The van der Waals surface area contributed by atoms with Crippen molar-refractivity contribution in [2.24, 2.45) is 5.41 Å². The highest BCUT2D eigenvalue weighted by molar-refractivity contribution is 7.05. The summed E-state index contributed by atoms with van der Waals surface area (Å²) >= 11 is 1.34. The van der Waals surface area contributed by atoms with Gasteiger partial charge in [-0.15, -0.1) is 0 Å². The Bertz CT molecular complexity index is 443. The molecule has 1 aromatic rings. The van der Waals surface area contributed by atoms with Crippen LogP contribution in [-0.2, 0) is 4.79 Å². The van der Waals surface area contributed by atoms with Gasteiger partial charge in [0.1, 0.15) is 5.01 Å².